The number of allylic oxidation sites excluding steroid dienone is 1. The van der Waals surface area contributed by atoms with Gasteiger partial charge in [-0.1, -0.05) is 39.7 Å². The average Bonchev–Trinajstić information content (AvgIpc) is 2.04. The third-order valence-electron chi connectivity index (χ3n) is 1.98. The summed E-state index contributed by atoms with van der Waals surface area (Å²) in [4.78, 5) is 0. The second-order valence-electron chi connectivity index (χ2n) is 3.53. The predicted octanol–water partition coefficient (Wildman–Crippen LogP) is 4.47. The molecule has 0 saturated carbocycles. The van der Waals surface area contributed by atoms with Crippen molar-refractivity contribution in [1.29, 1.82) is 0 Å². The quantitative estimate of drug-likeness (QED) is 0.590. The molecule has 0 bridgehead atoms. The number of thioether (sulfide) groups is 1. The average molecular weight is 186 g/mol. The molecule has 0 aliphatic heterocycles. The van der Waals surface area contributed by atoms with E-state index in [9.17, 15) is 0 Å². The van der Waals surface area contributed by atoms with Crippen LogP contribution in [0.3, 0.4) is 0 Å². The van der Waals surface area contributed by atoms with Crippen molar-refractivity contribution >= 4 is 11.8 Å². The van der Waals surface area contributed by atoms with E-state index in [1.807, 2.05) is 11.8 Å². The summed E-state index contributed by atoms with van der Waals surface area (Å²) in [6.07, 6.45) is 6.18. The molecule has 0 N–H and O–H groups in total. The van der Waals surface area contributed by atoms with Crippen molar-refractivity contribution in [2.45, 2.75) is 52.2 Å². The van der Waals surface area contributed by atoms with Crippen LogP contribution >= 0.6 is 11.8 Å². The first-order valence-electron chi connectivity index (χ1n) is 4.99. The Hall–Kier alpha value is 0.0900. The summed E-state index contributed by atoms with van der Waals surface area (Å²) in [5.41, 5.74) is 0. The fourth-order valence-corrected chi connectivity index (χ4v) is 2.12. The minimum atomic E-state index is 0.803. The van der Waals surface area contributed by atoms with Gasteiger partial charge in [0.15, 0.2) is 0 Å². The first-order chi connectivity index (χ1) is 5.72. The standard InChI is InChI=1S/C11H22S/c1-5-7-8-11(10(3)4)12-9-6-2/h6,9-11H,5,7-8H2,1-4H3/b9-6-. The van der Waals surface area contributed by atoms with E-state index in [4.69, 9.17) is 0 Å². The Morgan fingerprint density at radius 3 is 2.42 bits per heavy atom. The second kappa shape index (κ2) is 7.72. The molecule has 0 aromatic carbocycles. The maximum absolute atomic E-state index is 2.32. The number of hydrogen-bond donors (Lipinski definition) is 0. The van der Waals surface area contributed by atoms with Gasteiger partial charge in [-0.3, -0.25) is 0 Å². The van der Waals surface area contributed by atoms with Crippen LogP contribution < -0.4 is 0 Å². The van der Waals surface area contributed by atoms with Crippen LogP contribution in [0, 0.1) is 5.92 Å². The monoisotopic (exact) mass is 186 g/mol. The Labute approximate surface area is 81.8 Å². The number of rotatable bonds is 6. The molecule has 1 unspecified atom stereocenters. The predicted molar refractivity (Wildman–Crippen MR) is 60.6 cm³/mol. The highest BCUT2D eigenvalue weighted by molar-refractivity contribution is 8.02. The lowest BCUT2D eigenvalue weighted by Crippen LogP contribution is -2.09. The van der Waals surface area contributed by atoms with Crippen molar-refractivity contribution in [2.24, 2.45) is 5.92 Å². The van der Waals surface area contributed by atoms with Gasteiger partial charge < -0.3 is 0 Å². The van der Waals surface area contributed by atoms with Gasteiger partial charge in [-0.05, 0) is 24.7 Å². The van der Waals surface area contributed by atoms with E-state index in [-0.39, 0.29) is 0 Å². The summed E-state index contributed by atoms with van der Waals surface area (Å²) < 4.78 is 0. The van der Waals surface area contributed by atoms with Crippen LogP contribution in [0.2, 0.25) is 0 Å². The highest BCUT2D eigenvalue weighted by Crippen LogP contribution is 2.25. The lowest BCUT2D eigenvalue weighted by Gasteiger charge is -2.17. The van der Waals surface area contributed by atoms with Crippen molar-refractivity contribution in [3.05, 3.63) is 11.5 Å². The van der Waals surface area contributed by atoms with Gasteiger partial charge in [-0.15, -0.1) is 11.8 Å². The van der Waals surface area contributed by atoms with Crippen molar-refractivity contribution < 1.29 is 0 Å². The summed E-state index contributed by atoms with van der Waals surface area (Å²) in [5, 5.41) is 3.04. The highest BCUT2D eigenvalue weighted by atomic mass is 32.2. The minimum Gasteiger partial charge on any atom is -0.131 e. The maximum atomic E-state index is 2.32. The third-order valence-corrected chi connectivity index (χ3v) is 3.53. The van der Waals surface area contributed by atoms with Crippen LogP contribution in [0.4, 0.5) is 0 Å². The molecule has 1 atom stereocenters. The van der Waals surface area contributed by atoms with Gasteiger partial charge in [0, 0.05) is 5.25 Å². The molecule has 72 valence electrons. The van der Waals surface area contributed by atoms with E-state index in [2.05, 4.69) is 39.2 Å². The van der Waals surface area contributed by atoms with Gasteiger partial charge in [0.25, 0.3) is 0 Å². The van der Waals surface area contributed by atoms with Crippen LogP contribution in [-0.2, 0) is 0 Å². The Balaban J connectivity index is 3.70. The van der Waals surface area contributed by atoms with Crippen molar-refractivity contribution in [3.8, 4) is 0 Å². The lowest BCUT2D eigenvalue weighted by molar-refractivity contribution is 0.552. The Bertz CT molecular complexity index is 116. The second-order valence-corrected chi connectivity index (χ2v) is 4.68. The van der Waals surface area contributed by atoms with Gasteiger partial charge in [-0.2, -0.15) is 0 Å². The molecule has 0 rings (SSSR count). The van der Waals surface area contributed by atoms with Gasteiger partial charge >= 0.3 is 0 Å². The molecule has 0 aliphatic carbocycles. The van der Waals surface area contributed by atoms with Gasteiger partial charge in [-0.25, -0.2) is 0 Å². The molecule has 0 aromatic heterocycles. The Morgan fingerprint density at radius 1 is 1.33 bits per heavy atom. The van der Waals surface area contributed by atoms with E-state index < -0.39 is 0 Å². The van der Waals surface area contributed by atoms with Crippen LogP contribution in [-0.4, -0.2) is 5.25 Å². The molecule has 1 heteroatoms. The van der Waals surface area contributed by atoms with E-state index in [0.29, 0.717) is 0 Å². The van der Waals surface area contributed by atoms with E-state index in [0.717, 1.165) is 11.2 Å². The zero-order chi connectivity index (χ0) is 9.40. The normalized spacial score (nSPS) is 14.4. The maximum Gasteiger partial charge on any atom is 0.0111 e. The topological polar surface area (TPSA) is 0 Å². The van der Waals surface area contributed by atoms with Crippen molar-refractivity contribution in [1.82, 2.24) is 0 Å². The summed E-state index contributed by atoms with van der Waals surface area (Å²) in [6, 6.07) is 0. The van der Waals surface area contributed by atoms with Crippen LogP contribution in [0.15, 0.2) is 11.5 Å². The third kappa shape index (κ3) is 5.70. The fraction of sp³-hybridized carbons (Fsp3) is 0.818. The zero-order valence-corrected chi connectivity index (χ0v) is 9.66. The van der Waals surface area contributed by atoms with E-state index in [1.165, 1.54) is 19.3 Å². The molecule has 0 aromatic rings. The molecule has 0 aliphatic rings. The lowest BCUT2D eigenvalue weighted by atomic mass is 10.1. The number of hydrogen-bond acceptors (Lipinski definition) is 1. The van der Waals surface area contributed by atoms with Gasteiger partial charge in [0.05, 0.1) is 0 Å². The summed E-state index contributed by atoms with van der Waals surface area (Å²) in [5.74, 6) is 0.803. The molecule has 0 nitrogen and oxygen atoms in total. The van der Waals surface area contributed by atoms with E-state index in [1.54, 1.807) is 0 Å². The van der Waals surface area contributed by atoms with Gasteiger partial charge in [0.1, 0.15) is 0 Å². The van der Waals surface area contributed by atoms with Crippen molar-refractivity contribution in [3.63, 3.8) is 0 Å². The van der Waals surface area contributed by atoms with Crippen LogP contribution in [0.1, 0.15) is 47.0 Å². The molecular formula is C11H22S. The molecule has 0 spiro atoms. The van der Waals surface area contributed by atoms with Crippen molar-refractivity contribution in [2.75, 3.05) is 0 Å². The fourth-order valence-electron chi connectivity index (χ4n) is 1.14. The molecular weight excluding hydrogens is 164 g/mol. The molecule has 0 fully saturated rings. The molecule has 0 saturated heterocycles. The van der Waals surface area contributed by atoms with Gasteiger partial charge in [0.2, 0.25) is 0 Å². The molecule has 0 amide bonds. The SMILES string of the molecule is C/C=C\SC(CCCC)C(C)C. The summed E-state index contributed by atoms with van der Waals surface area (Å²) in [7, 11) is 0. The molecule has 12 heavy (non-hydrogen) atoms. The summed E-state index contributed by atoms with van der Waals surface area (Å²) in [6.45, 7) is 8.98. The largest absolute Gasteiger partial charge is 0.131 e. The zero-order valence-electron chi connectivity index (χ0n) is 8.84. The first-order valence-corrected chi connectivity index (χ1v) is 5.93. The Kier molecular flexibility index (Phi) is 7.78. The Morgan fingerprint density at radius 2 is 2.00 bits per heavy atom. The van der Waals surface area contributed by atoms with Crippen LogP contribution in [0.25, 0.3) is 0 Å². The minimum absolute atomic E-state index is 0.803. The smallest absolute Gasteiger partial charge is 0.0111 e. The van der Waals surface area contributed by atoms with Crippen LogP contribution in [0.5, 0.6) is 0 Å². The first kappa shape index (κ1) is 12.1. The highest BCUT2D eigenvalue weighted by Gasteiger charge is 2.10. The molecule has 0 heterocycles. The summed E-state index contributed by atoms with van der Waals surface area (Å²) >= 11 is 1.99. The van der Waals surface area contributed by atoms with E-state index >= 15 is 0 Å². The number of unbranched alkanes of at least 4 members (excludes halogenated alkanes) is 1. The molecule has 0 radical (unpaired) electrons.